The number of aryl methyl sites for hydroxylation is 1. The number of amides is 1. The van der Waals surface area contributed by atoms with Gasteiger partial charge in [0, 0.05) is 45.5 Å². The van der Waals surface area contributed by atoms with Gasteiger partial charge in [-0.2, -0.15) is 0 Å². The van der Waals surface area contributed by atoms with Gasteiger partial charge >= 0.3 is 0 Å². The number of hydrogen-bond donors (Lipinski definition) is 0. The number of ether oxygens (including phenoxy) is 1. The van der Waals surface area contributed by atoms with Crippen molar-refractivity contribution in [3.63, 3.8) is 0 Å². The average molecular weight is 326 g/mol. The second-order valence-electron chi connectivity index (χ2n) is 6.18. The smallest absolute Gasteiger partial charge is 0.270 e. The minimum Gasteiger partial charge on any atom is -0.379 e. The van der Waals surface area contributed by atoms with Crippen LogP contribution in [0.2, 0.25) is 5.02 Å². The Morgan fingerprint density at radius 3 is 2.68 bits per heavy atom. The first kappa shape index (κ1) is 15.8. The van der Waals surface area contributed by atoms with E-state index in [4.69, 9.17) is 16.3 Å². The molecule has 1 amide bonds. The van der Waals surface area contributed by atoms with Gasteiger partial charge in [-0.1, -0.05) is 11.6 Å². The second-order valence-corrected chi connectivity index (χ2v) is 6.62. The van der Waals surface area contributed by atoms with Gasteiger partial charge in [0.05, 0.1) is 18.2 Å². The van der Waals surface area contributed by atoms with Gasteiger partial charge in [-0.15, -0.1) is 0 Å². The highest BCUT2D eigenvalue weighted by Gasteiger charge is 2.27. The van der Waals surface area contributed by atoms with E-state index in [1.54, 1.807) is 12.3 Å². The molecule has 0 saturated carbocycles. The van der Waals surface area contributed by atoms with Crippen LogP contribution in [0, 0.1) is 0 Å². The zero-order valence-corrected chi connectivity index (χ0v) is 13.9. The monoisotopic (exact) mass is 325 g/mol. The molecule has 0 aliphatic carbocycles. The lowest BCUT2D eigenvalue weighted by Gasteiger charge is -2.34. The van der Waals surface area contributed by atoms with E-state index < -0.39 is 0 Å². The van der Waals surface area contributed by atoms with Crippen LogP contribution in [0.25, 0.3) is 0 Å². The number of aromatic nitrogens is 1. The summed E-state index contributed by atoms with van der Waals surface area (Å²) in [5.41, 5.74) is 0.676. The van der Waals surface area contributed by atoms with Crippen molar-refractivity contribution in [2.45, 2.75) is 25.3 Å². The molecule has 0 N–H and O–H groups in total. The standard InChI is InChI=1S/C16H24ClN3O2/c1-18-12-13(17)11-15(18)16(21)20-5-2-3-14(4-6-20)19-7-9-22-10-8-19/h11-12,14H,2-10H2,1H3/t14-/m0/s1. The van der Waals surface area contributed by atoms with E-state index in [-0.39, 0.29) is 5.91 Å². The first-order chi connectivity index (χ1) is 10.6. The van der Waals surface area contributed by atoms with Gasteiger partial charge in [0.25, 0.3) is 5.91 Å². The van der Waals surface area contributed by atoms with Gasteiger partial charge in [-0.05, 0) is 25.3 Å². The Morgan fingerprint density at radius 1 is 1.23 bits per heavy atom. The number of hydrogen-bond acceptors (Lipinski definition) is 3. The van der Waals surface area contributed by atoms with Crippen molar-refractivity contribution in [2.75, 3.05) is 39.4 Å². The summed E-state index contributed by atoms with van der Waals surface area (Å²) in [4.78, 5) is 17.2. The van der Waals surface area contributed by atoms with E-state index >= 15 is 0 Å². The molecule has 6 heteroatoms. The largest absolute Gasteiger partial charge is 0.379 e. The van der Waals surface area contributed by atoms with Crippen molar-refractivity contribution in [3.05, 3.63) is 23.0 Å². The first-order valence-corrected chi connectivity index (χ1v) is 8.46. The summed E-state index contributed by atoms with van der Waals surface area (Å²) in [6.45, 7) is 5.37. The zero-order valence-electron chi connectivity index (χ0n) is 13.1. The summed E-state index contributed by atoms with van der Waals surface area (Å²) in [5.74, 6) is 0.0945. The van der Waals surface area contributed by atoms with Gasteiger partial charge < -0.3 is 14.2 Å². The van der Waals surface area contributed by atoms with E-state index in [9.17, 15) is 4.79 Å². The first-order valence-electron chi connectivity index (χ1n) is 8.08. The van der Waals surface area contributed by atoms with Crippen molar-refractivity contribution >= 4 is 17.5 Å². The zero-order chi connectivity index (χ0) is 15.5. The molecular weight excluding hydrogens is 302 g/mol. The van der Waals surface area contributed by atoms with Crippen LogP contribution >= 0.6 is 11.6 Å². The Hall–Kier alpha value is -1.04. The summed E-state index contributed by atoms with van der Waals surface area (Å²) in [6.07, 6.45) is 5.05. The number of morpholine rings is 1. The Morgan fingerprint density at radius 2 is 2.00 bits per heavy atom. The van der Waals surface area contributed by atoms with E-state index in [0.717, 1.165) is 58.7 Å². The fourth-order valence-electron chi connectivity index (χ4n) is 3.49. The Bertz CT molecular complexity index is 525. The Kier molecular flexibility index (Phi) is 5.06. The van der Waals surface area contributed by atoms with Crippen LogP contribution in [-0.4, -0.2) is 65.7 Å². The van der Waals surface area contributed by atoms with Crippen LogP contribution in [0.3, 0.4) is 0 Å². The third-order valence-electron chi connectivity index (χ3n) is 4.74. The maximum Gasteiger partial charge on any atom is 0.270 e. The van der Waals surface area contributed by atoms with Crippen LogP contribution in [-0.2, 0) is 11.8 Å². The maximum absolute atomic E-state index is 12.7. The van der Waals surface area contributed by atoms with E-state index in [0.29, 0.717) is 16.8 Å². The molecule has 0 bridgehead atoms. The molecule has 0 aromatic carbocycles. The van der Waals surface area contributed by atoms with Crippen molar-refractivity contribution in [2.24, 2.45) is 7.05 Å². The van der Waals surface area contributed by atoms with Crippen LogP contribution < -0.4 is 0 Å². The number of rotatable bonds is 2. The lowest BCUT2D eigenvalue weighted by molar-refractivity contribution is 0.0135. The van der Waals surface area contributed by atoms with Gasteiger partial charge in [-0.25, -0.2) is 0 Å². The molecule has 3 heterocycles. The van der Waals surface area contributed by atoms with Crippen molar-refractivity contribution in [1.29, 1.82) is 0 Å². The molecule has 0 radical (unpaired) electrons. The molecule has 122 valence electrons. The quantitative estimate of drug-likeness (QED) is 0.834. The minimum atomic E-state index is 0.0945. The lowest BCUT2D eigenvalue weighted by Crippen LogP contribution is -2.44. The topological polar surface area (TPSA) is 37.7 Å². The van der Waals surface area contributed by atoms with E-state index in [1.165, 1.54) is 0 Å². The number of nitrogens with zero attached hydrogens (tertiary/aromatic N) is 3. The Labute approximate surface area is 136 Å². The molecule has 1 atom stereocenters. The summed E-state index contributed by atoms with van der Waals surface area (Å²) in [6, 6.07) is 2.34. The van der Waals surface area contributed by atoms with Crippen molar-refractivity contribution < 1.29 is 9.53 Å². The summed E-state index contributed by atoms with van der Waals surface area (Å²) in [5, 5.41) is 0.617. The predicted molar refractivity (Wildman–Crippen MR) is 86.4 cm³/mol. The molecule has 2 aliphatic rings. The summed E-state index contributed by atoms with van der Waals surface area (Å²) >= 11 is 6.00. The van der Waals surface area contributed by atoms with Gasteiger partial charge in [-0.3, -0.25) is 9.69 Å². The third kappa shape index (κ3) is 3.47. The second kappa shape index (κ2) is 7.02. The van der Waals surface area contributed by atoms with Gasteiger partial charge in [0.15, 0.2) is 0 Å². The molecule has 22 heavy (non-hydrogen) atoms. The van der Waals surface area contributed by atoms with Crippen LogP contribution in [0.1, 0.15) is 29.8 Å². The number of likely N-dealkylation sites (tertiary alicyclic amines) is 1. The highest BCUT2D eigenvalue weighted by molar-refractivity contribution is 6.31. The van der Waals surface area contributed by atoms with Gasteiger partial charge in [0.1, 0.15) is 5.69 Å². The van der Waals surface area contributed by atoms with Crippen molar-refractivity contribution in [3.8, 4) is 0 Å². The SMILES string of the molecule is Cn1cc(Cl)cc1C(=O)N1CCC[C@H](N2CCOCC2)CC1. The van der Waals surface area contributed by atoms with Crippen LogP contribution in [0.15, 0.2) is 12.3 Å². The fourth-order valence-corrected chi connectivity index (χ4v) is 3.74. The molecule has 2 saturated heterocycles. The molecule has 5 nitrogen and oxygen atoms in total. The van der Waals surface area contributed by atoms with E-state index in [2.05, 4.69) is 4.90 Å². The highest BCUT2D eigenvalue weighted by Crippen LogP contribution is 2.21. The van der Waals surface area contributed by atoms with Gasteiger partial charge in [0.2, 0.25) is 0 Å². The molecule has 3 rings (SSSR count). The maximum atomic E-state index is 12.7. The third-order valence-corrected chi connectivity index (χ3v) is 4.94. The molecule has 2 fully saturated rings. The molecule has 0 spiro atoms. The number of halogens is 1. The predicted octanol–water partition coefficient (Wildman–Crippen LogP) is 2.01. The molecule has 1 aromatic rings. The molecule has 2 aliphatic heterocycles. The minimum absolute atomic E-state index is 0.0945. The van der Waals surface area contributed by atoms with Crippen molar-refractivity contribution in [1.82, 2.24) is 14.4 Å². The van der Waals surface area contributed by atoms with E-state index in [1.807, 2.05) is 16.5 Å². The highest BCUT2D eigenvalue weighted by atomic mass is 35.5. The molecule has 1 aromatic heterocycles. The van der Waals surface area contributed by atoms with Crippen LogP contribution in [0.4, 0.5) is 0 Å². The summed E-state index contributed by atoms with van der Waals surface area (Å²) in [7, 11) is 1.87. The fraction of sp³-hybridized carbons (Fsp3) is 0.688. The number of carbonyl (C=O) groups is 1. The normalized spacial score (nSPS) is 24.3. The van der Waals surface area contributed by atoms with Crippen LogP contribution in [0.5, 0.6) is 0 Å². The number of carbonyl (C=O) groups excluding carboxylic acids is 1. The average Bonchev–Trinajstić information content (AvgIpc) is 2.74. The summed E-state index contributed by atoms with van der Waals surface area (Å²) < 4.78 is 7.25. The Balaban J connectivity index is 1.62. The molecule has 0 unspecified atom stereocenters. The lowest BCUT2D eigenvalue weighted by atomic mass is 10.1. The molecular formula is C16H24ClN3O2.